The van der Waals surface area contributed by atoms with Crippen LogP contribution in [0.5, 0.6) is 0 Å². The predicted octanol–water partition coefficient (Wildman–Crippen LogP) is 4.09. The Morgan fingerprint density at radius 1 is 1.15 bits per heavy atom. The number of fused-ring (bicyclic) bond motifs is 1. The first-order valence-electron chi connectivity index (χ1n) is 16.3. The Hall–Kier alpha value is -2.71. The van der Waals surface area contributed by atoms with E-state index in [0.29, 0.717) is 51.9 Å². The summed E-state index contributed by atoms with van der Waals surface area (Å²) in [6.07, 6.45) is 7.77. The molecule has 1 fully saturated rings. The van der Waals surface area contributed by atoms with Gasteiger partial charge in [-0.1, -0.05) is 41.4 Å². The molecule has 22 heteroatoms. The molecule has 3 aromatic rings. The van der Waals surface area contributed by atoms with Gasteiger partial charge in [-0.3, -0.25) is 34.0 Å². The molecule has 2 aliphatic rings. The number of hydrogen-bond donors (Lipinski definition) is 3. The summed E-state index contributed by atoms with van der Waals surface area (Å²) >= 11 is 14.2. The van der Waals surface area contributed by atoms with Crippen molar-refractivity contribution in [3.63, 3.8) is 0 Å². The first kappa shape index (κ1) is 48.4. The fraction of sp³-hybridized carbons (Fsp3) is 0.485. The number of amides is 1. The van der Waals surface area contributed by atoms with Gasteiger partial charge in [0.1, 0.15) is 19.1 Å². The number of methoxy groups -OCH3 is 1. The monoisotopic (exact) mass is 887 g/mol. The molecule has 1 saturated heterocycles. The smallest absolute Gasteiger partial charge is 0.325 e. The summed E-state index contributed by atoms with van der Waals surface area (Å²) in [5.74, 6) is -2.09. The number of benzene rings is 2. The maximum atomic E-state index is 14.3. The van der Waals surface area contributed by atoms with E-state index in [1.165, 1.54) is 18.2 Å². The second-order valence-corrected chi connectivity index (χ2v) is 19.5. The van der Waals surface area contributed by atoms with Gasteiger partial charge >= 0.3 is 16.8 Å². The number of hydroxylamine groups is 2. The Labute approximate surface area is 339 Å². The van der Waals surface area contributed by atoms with Crippen molar-refractivity contribution in [2.75, 3.05) is 51.1 Å². The Kier molecular flexibility index (Phi) is 20.2. The number of aromatic nitrogens is 2. The van der Waals surface area contributed by atoms with Gasteiger partial charge < -0.3 is 24.2 Å². The number of rotatable bonds is 10. The maximum absolute atomic E-state index is 14.3. The standard InChI is InChI=1S/C15H15ClFN3O3S2.C12H14ClNO2.C3H8NO5P.C3H9S/c1-23-13(21)8-24-12-7-11(10(17)6-9(12)16)18-14-19-4-2-3-5-20(19)15(22)25-14;1-12(2)8-16-14(11(12)15)7-9-5-3-4-6-10(9)13;5-3(6)1-4-2-10(7,8)9;1-4(2)3/h6-7H,2-5,8H2,1H3;3-6H,7-8H2,1-2H3;4H,1-2H2,(H,5,6)(H2,7,8,9);1-3H3/q;;;+1/p-1/b18-14-;;;. The first-order valence-corrected chi connectivity index (χ1v) is 23.1. The molecule has 5 rings (SSSR count). The normalized spacial score (nSPS) is 15.7. The molecule has 0 spiro atoms. The zero-order chi connectivity index (χ0) is 41.5. The number of ether oxygens (including phenoxy) is 1. The highest BCUT2D eigenvalue weighted by molar-refractivity contribution is 8.00. The number of carboxylic acids is 1. The number of carboxylic acid groups (broad SMARTS) is 1. The summed E-state index contributed by atoms with van der Waals surface area (Å²) in [4.78, 5) is 73.5. The van der Waals surface area contributed by atoms with Gasteiger partial charge in [0.25, 0.3) is 5.91 Å². The molecule has 55 heavy (non-hydrogen) atoms. The highest BCUT2D eigenvalue weighted by Crippen LogP contribution is 2.33. The summed E-state index contributed by atoms with van der Waals surface area (Å²) in [6, 6.07) is 10.1. The van der Waals surface area contributed by atoms with E-state index in [4.69, 9.17) is 38.0 Å². The van der Waals surface area contributed by atoms with Crippen LogP contribution in [-0.2, 0) is 59.1 Å². The van der Waals surface area contributed by atoms with Crippen LogP contribution in [0.4, 0.5) is 10.1 Å². The molecule has 1 amide bonds. The number of hydrogen-bond acceptors (Lipinski definition) is 12. The summed E-state index contributed by atoms with van der Waals surface area (Å²) in [6.45, 7) is 5.43. The molecule has 2 aliphatic heterocycles. The van der Waals surface area contributed by atoms with Crippen LogP contribution >= 0.6 is 53.9 Å². The van der Waals surface area contributed by atoms with Gasteiger partial charge in [-0.15, -0.1) is 11.8 Å². The number of esters is 1. The molecule has 0 saturated carbocycles. The van der Waals surface area contributed by atoms with Gasteiger partial charge in [-0.25, -0.2) is 19.1 Å². The third-order valence-corrected chi connectivity index (χ3v) is 10.2. The number of thioether (sulfide) groups is 1. The average Bonchev–Trinajstić information content (AvgIpc) is 3.55. The Morgan fingerprint density at radius 3 is 2.31 bits per heavy atom. The SMILES string of the molecule is CC1(C)CON(Cc2ccccc2Cl)C1=O.COC(=O)CSc1cc(/N=c2\sc(=O)n3n2CCCC3)c(F)cc1Cl.C[S+](C)C.O=C(O)CNCP(=O)([O-])O. The van der Waals surface area contributed by atoms with Gasteiger partial charge in [0.2, 0.25) is 4.80 Å². The number of nitrogens with zero attached hydrogens (tertiary/aromatic N) is 4. The van der Waals surface area contributed by atoms with Crippen molar-refractivity contribution in [1.82, 2.24) is 19.7 Å². The van der Waals surface area contributed by atoms with E-state index < -0.39 is 43.6 Å². The average molecular weight is 889 g/mol. The lowest BCUT2D eigenvalue weighted by Crippen LogP contribution is -2.31. The zero-order valence-corrected chi connectivity index (χ0v) is 35.9. The van der Waals surface area contributed by atoms with Crippen LogP contribution in [0.2, 0.25) is 10.0 Å². The highest BCUT2D eigenvalue weighted by Gasteiger charge is 2.40. The third kappa shape index (κ3) is 17.1. The summed E-state index contributed by atoms with van der Waals surface area (Å²) in [7, 11) is -2.41. The first-order chi connectivity index (χ1) is 25.6. The maximum Gasteiger partial charge on any atom is 0.325 e. The number of aliphatic carboxylic acids is 1. The van der Waals surface area contributed by atoms with Gasteiger partial charge in [-0.2, -0.15) is 0 Å². The van der Waals surface area contributed by atoms with Crippen LogP contribution in [-0.4, -0.2) is 93.3 Å². The second kappa shape index (κ2) is 22.9. The molecule has 15 nitrogen and oxygen atoms in total. The van der Waals surface area contributed by atoms with E-state index in [9.17, 15) is 33.0 Å². The minimum absolute atomic E-state index is 0.00687. The van der Waals surface area contributed by atoms with Crippen LogP contribution in [0.15, 0.2) is 51.1 Å². The lowest BCUT2D eigenvalue weighted by molar-refractivity contribution is -0.193. The topological polar surface area (TPSA) is 205 Å². The Bertz CT molecular complexity index is 1950. The summed E-state index contributed by atoms with van der Waals surface area (Å²) < 4.78 is 32.2. The fourth-order valence-electron chi connectivity index (χ4n) is 4.33. The number of carbonyl (C=O) groups is 3. The second-order valence-electron chi connectivity index (χ2n) is 12.7. The number of halogens is 3. The molecule has 0 radical (unpaired) electrons. The number of carbonyl (C=O) groups excluding carboxylic acids is 2. The highest BCUT2D eigenvalue weighted by atomic mass is 35.5. The molecule has 1 unspecified atom stereocenters. The lowest BCUT2D eigenvalue weighted by atomic mass is 9.95. The van der Waals surface area contributed by atoms with Crippen molar-refractivity contribution < 1.29 is 47.8 Å². The Morgan fingerprint density at radius 2 is 1.76 bits per heavy atom. The van der Waals surface area contributed by atoms with Crippen molar-refractivity contribution in [3.8, 4) is 0 Å². The van der Waals surface area contributed by atoms with Crippen LogP contribution < -0.4 is 19.9 Å². The third-order valence-electron chi connectivity index (χ3n) is 6.93. The predicted molar refractivity (Wildman–Crippen MR) is 212 cm³/mol. The molecule has 3 heterocycles. The van der Waals surface area contributed by atoms with Crippen molar-refractivity contribution in [1.29, 1.82) is 0 Å². The molecule has 3 N–H and O–H groups in total. The molecular weight excluding hydrogens is 843 g/mol. The van der Waals surface area contributed by atoms with Crippen LogP contribution in [0, 0.1) is 11.2 Å². The van der Waals surface area contributed by atoms with Crippen LogP contribution in [0.1, 0.15) is 32.3 Å². The van der Waals surface area contributed by atoms with Crippen molar-refractivity contribution in [3.05, 3.63) is 72.3 Å². The molecule has 1 aromatic heterocycles. The molecule has 2 aromatic carbocycles. The largest absolute Gasteiger partial charge is 0.778 e. The van der Waals surface area contributed by atoms with E-state index in [2.05, 4.69) is 28.5 Å². The van der Waals surface area contributed by atoms with E-state index >= 15 is 0 Å². The van der Waals surface area contributed by atoms with Crippen LogP contribution in [0.25, 0.3) is 0 Å². The minimum atomic E-state index is -4.35. The van der Waals surface area contributed by atoms with Crippen molar-refractivity contribution in [2.24, 2.45) is 10.4 Å². The Balaban J connectivity index is 0.000000298. The fourth-order valence-corrected chi connectivity index (χ4v) is 6.91. The van der Waals surface area contributed by atoms with Gasteiger partial charge in [-0.05, 0) is 72.7 Å². The zero-order valence-electron chi connectivity index (χ0n) is 31.1. The molecule has 1 atom stereocenters. The molecule has 0 bridgehead atoms. The quantitative estimate of drug-likeness (QED) is 0.114. The summed E-state index contributed by atoms with van der Waals surface area (Å²) in [5.41, 5.74) is 0.552. The van der Waals surface area contributed by atoms with Gasteiger partial charge in [0, 0.05) is 23.0 Å². The molecular formula is C33H45Cl2FN5O10PS3. The molecule has 0 aliphatic carbocycles. The number of nitrogens with one attached hydrogen (secondary N) is 1. The summed E-state index contributed by atoms with van der Waals surface area (Å²) in [5, 5.41) is 12.2. The van der Waals surface area contributed by atoms with E-state index in [1.54, 1.807) is 9.36 Å². The lowest BCUT2D eigenvalue weighted by Gasteiger charge is -2.16. The minimum Gasteiger partial charge on any atom is -0.778 e. The van der Waals surface area contributed by atoms with Gasteiger partial charge in [0.05, 0.1) is 68.0 Å². The van der Waals surface area contributed by atoms with Gasteiger partial charge in [0.15, 0.2) is 0 Å². The van der Waals surface area contributed by atoms with Crippen LogP contribution in [0.3, 0.4) is 0 Å². The van der Waals surface area contributed by atoms with E-state index in [1.807, 2.05) is 43.4 Å². The van der Waals surface area contributed by atoms with Crippen molar-refractivity contribution in [2.45, 2.75) is 51.2 Å². The van der Waals surface area contributed by atoms with E-state index in [-0.39, 0.29) is 27.2 Å². The van der Waals surface area contributed by atoms with E-state index in [0.717, 1.165) is 47.6 Å². The van der Waals surface area contributed by atoms with Crippen molar-refractivity contribution >= 4 is 88.3 Å². The molecule has 306 valence electrons.